The van der Waals surface area contributed by atoms with Gasteiger partial charge in [0.15, 0.2) is 0 Å². The number of nitrogens with one attached hydrogen (secondary N) is 1. The predicted molar refractivity (Wildman–Crippen MR) is 60.5 cm³/mol. The summed E-state index contributed by atoms with van der Waals surface area (Å²) in [4.78, 5) is 14.2. The van der Waals surface area contributed by atoms with Crippen molar-refractivity contribution in [3.63, 3.8) is 0 Å². The molecule has 2 aliphatic rings. The van der Waals surface area contributed by atoms with Crippen LogP contribution < -0.4 is 5.32 Å². The van der Waals surface area contributed by atoms with Crippen molar-refractivity contribution in [3.8, 4) is 0 Å². The van der Waals surface area contributed by atoms with Gasteiger partial charge >= 0.3 is 0 Å². The lowest BCUT2D eigenvalue weighted by Crippen LogP contribution is -2.36. The van der Waals surface area contributed by atoms with E-state index in [1.54, 1.807) is 0 Å². The predicted octanol–water partition coefficient (Wildman–Crippen LogP) is 1.10. The quantitative estimate of drug-likeness (QED) is 0.756. The molecule has 2 rings (SSSR count). The SMILES string of the molecule is CCC(CC)C(=O)N1C[C@H]2CNC[C@H]2C1. The summed E-state index contributed by atoms with van der Waals surface area (Å²) in [6.45, 7) is 8.43. The van der Waals surface area contributed by atoms with Crippen molar-refractivity contribution in [2.24, 2.45) is 17.8 Å². The van der Waals surface area contributed by atoms with E-state index < -0.39 is 0 Å². The number of carbonyl (C=O) groups is 1. The molecule has 3 nitrogen and oxygen atoms in total. The molecule has 0 aromatic heterocycles. The summed E-state index contributed by atoms with van der Waals surface area (Å²) in [5.41, 5.74) is 0. The maximum absolute atomic E-state index is 12.1. The second-order valence-electron chi connectivity index (χ2n) is 4.94. The van der Waals surface area contributed by atoms with E-state index in [0.717, 1.165) is 50.9 Å². The molecular weight excluding hydrogens is 188 g/mol. The maximum atomic E-state index is 12.1. The standard InChI is InChI=1S/C12H22N2O/c1-3-9(4-2)12(15)14-7-10-5-13-6-11(10)8-14/h9-11,13H,3-8H2,1-2H3/t10-,11+. The first kappa shape index (κ1) is 10.9. The molecular formula is C12H22N2O. The van der Waals surface area contributed by atoms with Crippen LogP contribution in [0.3, 0.4) is 0 Å². The molecule has 2 saturated heterocycles. The molecule has 15 heavy (non-hydrogen) atoms. The lowest BCUT2D eigenvalue weighted by Gasteiger charge is -2.22. The second kappa shape index (κ2) is 4.52. The summed E-state index contributed by atoms with van der Waals surface area (Å²) in [5, 5.41) is 3.40. The van der Waals surface area contributed by atoms with Crippen LogP contribution in [0.5, 0.6) is 0 Å². The molecule has 0 bridgehead atoms. The Labute approximate surface area is 92.2 Å². The molecule has 0 saturated carbocycles. The van der Waals surface area contributed by atoms with Crippen molar-refractivity contribution in [1.29, 1.82) is 0 Å². The highest BCUT2D eigenvalue weighted by Gasteiger charge is 2.38. The van der Waals surface area contributed by atoms with E-state index in [-0.39, 0.29) is 5.92 Å². The maximum Gasteiger partial charge on any atom is 0.225 e. The van der Waals surface area contributed by atoms with E-state index in [0.29, 0.717) is 5.91 Å². The smallest absolute Gasteiger partial charge is 0.225 e. The molecule has 86 valence electrons. The minimum atomic E-state index is 0.261. The molecule has 2 atom stereocenters. The minimum absolute atomic E-state index is 0.261. The largest absolute Gasteiger partial charge is 0.342 e. The van der Waals surface area contributed by atoms with Gasteiger partial charge < -0.3 is 10.2 Å². The van der Waals surface area contributed by atoms with Gasteiger partial charge in [-0.1, -0.05) is 13.8 Å². The zero-order chi connectivity index (χ0) is 10.8. The fourth-order valence-electron chi connectivity index (χ4n) is 2.93. The molecule has 0 aromatic rings. The van der Waals surface area contributed by atoms with Crippen LogP contribution in [0, 0.1) is 17.8 Å². The Morgan fingerprint density at radius 3 is 2.27 bits per heavy atom. The van der Waals surface area contributed by atoms with Gasteiger partial charge in [0, 0.05) is 32.1 Å². The molecule has 1 amide bonds. The third kappa shape index (κ3) is 2.03. The number of rotatable bonds is 3. The summed E-state index contributed by atoms with van der Waals surface area (Å²) in [6.07, 6.45) is 1.97. The van der Waals surface area contributed by atoms with Crippen molar-refractivity contribution in [1.82, 2.24) is 10.2 Å². The zero-order valence-electron chi connectivity index (χ0n) is 9.83. The van der Waals surface area contributed by atoms with E-state index in [1.807, 2.05) is 0 Å². The van der Waals surface area contributed by atoms with E-state index in [1.165, 1.54) is 0 Å². The van der Waals surface area contributed by atoms with Gasteiger partial charge in [0.2, 0.25) is 5.91 Å². The third-order valence-electron chi connectivity index (χ3n) is 4.04. The first-order valence-electron chi connectivity index (χ1n) is 6.25. The lowest BCUT2D eigenvalue weighted by molar-refractivity contribution is -0.135. The molecule has 0 unspecified atom stereocenters. The fraction of sp³-hybridized carbons (Fsp3) is 0.917. The van der Waals surface area contributed by atoms with E-state index >= 15 is 0 Å². The summed E-state index contributed by atoms with van der Waals surface area (Å²) < 4.78 is 0. The van der Waals surface area contributed by atoms with Gasteiger partial charge in [0.25, 0.3) is 0 Å². The number of hydrogen-bond acceptors (Lipinski definition) is 2. The summed E-state index contributed by atoms with van der Waals surface area (Å²) in [5.74, 6) is 2.11. The number of carbonyl (C=O) groups excluding carboxylic acids is 1. The van der Waals surface area contributed by atoms with Crippen LogP contribution in [0.2, 0.25) is 0 Å². The normalized spacial score (nSPS) is 29.9. The van der Waals surface area contributed by atoms with Gasteiger partial charge in [-0.3, -0.25) is 4.79 Å². The van der Waals surface area contributed by atoms with E-state index in [2.05, 4.69) is 24.1 Å². The topological polar surface area (TPSA) is 32.3 Å². The van der Waals surface area contributed by atoms with Gasteiger partial charge in [0.05, 0.1) is 0 Å². The zero-order valence-corrected chi connectivity index (χ0v) is 9.83. The lowest BCUT2D eigenvalue weighted by atomic mass is 10.0. The molecule has 0 radical (unpaired) electrons. The monoisotopic (exact) mass is 210 g/mol. The third-order valence-corrected chi connectivity index (χ3v) is 4.04. The number of likely N-dealkylation sites (tertiary alicyclic amines) is 1. The van der Waals surface area contributed by atoms with Gasteiger partial charge in [-0.05, 0) is 24.7 Å². The van der Waals surface area contributed by atoms with E-state index in [4.69, 9.17) is 0 Å². The second-order valence-corrected chi connectivity index (χ2v) is 4.94. The molecule has 2 heterocycles. The highest BCUT2D eigenvalue weighted by Crippen LogP contribution is 2.28. The van der Waals surface area contributed by atoms with Gasteiger partial charge in [0.1, 0.15) is 0 Å². The van der Waals surface area contributed by atoms with Crippen LogP contribution in [0.15, 0.2) is 0 Å². The highest BCUT2D eigenvalue weighted by atomic mass is 16.2. The Kier molecular flexibility index (Phi) is 3.29. The number of amides is 1. The Hall–Kier alpha value is -0.570. The molecule has 0 aliphatic carbocycles. The molecule has 1 N–H and O–H groups in total. The number of fused-ring (bicyclic) bond motifs is 1. The summed E-state index contributed by atoms with van der Waals surface area (Å²) >= 11 is 0. The number of hydrogen-bond donors (Lipinski definition) is 1. The van der Waals surface area contributed by atoms with Gasteiger partial charge in [-0.2, -0.15) is 0 Å². The minimum Gasteiger partial charge on any atom is -0.342 e. The van der Waals surface area contributed by atoms with Crippen molar-refractivity contribution in [2.75, 3.05) is 26.2 Å². The Morgan fingerprint density at radius 1 is 1.27 bits per heavy atom. The summed E-state index contributed by atoms with van der Waals surface area (Å²) in [6, 6.07) is 0. The van der Waals surface area contributed by atoms with Gasteiger partial charge in [-0.15, -0.1) is 0 Å². The molecule has 2 fully saturated rings. The molecule has 2 aliphatic heterocycles. The summed E-state index contributed by atoms with van der Waals surface area (Å²) in [7, 11) is 0. The fourth-order valence-corrected chi connectivity index (χ4v) is 2.93. The van der Waals surface area contributed by atoms with Crippen LogP contribution in [-0.2, 0) is 4.79 Å². The number of nitrogens with zero attached hydrogens (tertiary/aromatic N) is 1. The van der Waals surface area contributed by atoms with Crippen molar-refractivity contribution in [2.45, 2.75) is 26.7 Å². The van der Waals surface area contributed by atoms with Crippen LogP contribution in [0.25, 0.3) is 0 Å². The molecule has 0 spiro atoms. The van der Waals surface area contributed by atoms with Crippen LogP contribution in [0.1, 0.15) is 26.7 Å². The highest BCUT2D eigenvalue weighted by molar-refractivity contribution is 5.79. The Morgan fingerprint density at radius 2 is 1.80 bits per heavy atom. The van der Waals surface area contributed by atoms with Crippen molar-refractivity contribution in [3.05, 3.63) is 0 Å². The molecule has 3 heteroatoms. The average Bonchev–Trinajstić information content (AvgIpc) is 2.78. The first-order chi connectivity index (χ1) is 7.26. The molecule has 0 aromatic carbocycles. The van der Waals surface area contributed by atoms with E-state index in [9.17, 15) is 4.79 Å². The first-order valence-corrected chi connectivity index (χ1v) is 6.25. The Balaban J connectivity index is 1.92. The van der Waals surface area contributed by atoms with Crippen molar-refractivity contribution < 1.29 is 4.79 Å². The van der Waals surface area contributed by atoms with Crippen LogP contribution in [-0.4, -0.2) is 37.0 Å². The Bertz CT molecular complexity index is 226. The van der Waals surface area contributed by atoms with Gasteiger partial charge in [-0.25, -0.2) is 0 Å². The average molecular weight is 210 g/mol. The van der Waals surface area contributed by atoms with Crippen LogP contribution >= 0.6 is 0 Å². The van der Waals surface area contributed by atoms with Crippen LogP contribution in [0.4, 0.5) is 0 Å². The van der Waals surface area contributed by atoms with Crippen molar-refractivity contribution >= 4 is 5.91 Å².